The molecule has 5 nitrogen and oxygen atoms in total. The van der Waals surface area contributed by atoms with Gasteiger partial charge in [-0.3, -0.25) is 0 Å². The Labute approximate surface area is 427 Å². The van der Waals surface area contributed by atoms with Crippen LogP contribution in [-0.4, -0.2) is 9.55 Å². The fraction of sp³-hybridized carbons (Fsp3) is 0.156. The average molecular weight is 1090 g/mol. The Hall–Kier alpha value is -7.20. The molecule has 10 aromatic rings. The molecule has 0 spiro atoms. The molecule has 11 rings (SSSR count). The van der Waals surface area contributed by atoms with Crippen LogP contribution in [0.4, 0.5) is 22.7 Å². The fourth-order valence-corrected chi connectivity index (χ4v) is 9.91. The molecule has 1 aliphatic heterocycles. The topological polar surface area (TPSA) is 33.5 Å². The van der Waals surface area contributed by atoms with E-state index in [1.165, 1.54) is 27.8 Å². The van der Waals surface area contributed by atoms with Crippen molar-refractivity contribution in [3.63, 3.8) is 0 Å². The summed E-state index contributed by atoms with van der Waals surface area (Å²) < 4.78 is 9.01. The third-order valence-corrected chi connectivity index (χ3v) is 14.1. The van der Waals surface area contributed by atoms with E-state index in [0.717, 1.165) is 61.5 Å². The Kier molecular flexibility index (Phi) is 12.1. The fourth-order valence-electron chi connectivity index (χ4n) is 9.91. The predicted octanol–water partition coefficient (Wildman–Crippen LogP) is 16.6. The second kappa shape index (κ2) is 18.3. The first-order valence-electron chi connectivity index (χ1n) is 23.9. The van der Waals surface area contributed by atoms with Crippen LogP contribution >= 0.6 is 0 Å². The van der Waals surface area contributed by atoms with Gasteiger partial charge in [0.05, 0.1) is 0 Å². The molecule has 0 radical (unpaired) electrons. The van der Waals surface area contributed by atoms with Crippen molar-refractivity contribution in [2.75, 3.05) is 9.80 Å². The molecular weight excluding hydrogens is 1040 g/mol. The van der Waals surface area contributed by atoms with E-state index >= 15 is 0 Å². The van der Waals surface area contributed by atoms with Gasteiger partial charge in [-0.15, -0.1) is 48.1 Å². The van der Waals surface area contributed by atoms with Gasteiger partial charge in [-0.1, -0.05) is 181 Å². The van der Waals surface area contributed by atoms with Gasteiger partial charge in [0.2, 0.25) is 0 Å². The Morgan fingerprint density at radius 2 is 1.13 bits per heavy atom. The zero-order chi connectivity index (χ0) is 47.5. The molecule has 0 unspecified atom stereocenters. The molecular formula is C64H55N4OPt-3. The van der Waals surface area contributed by atoms with E-state index in [2.05, 4.69) is 258 Å². The number of aromatic nitrogens is 2. The van der Waals surface area contributed by atoms with Crippen LogP contribution in [0, 0.1) is 18.8 Å². The maximum absolute atomic E-state index is 6.78. The van der Waals surface area contributed by atoms with Crippen molar-refractivity contribution in [1.29, 1.82) is 0 Å². The van der Waals surface area contributed by atoms with Crippen LogP contribution < -0.4 is 14.5 Å². The second-order valence-electron chi connectivity index (χ2n) is 20.2. The predicted molar refractivity (Wildman–Crippen MR) is 286 cm³/mol. The Balaban J connectivity index is 0.00000567. The molecule has 0 aliphatic carbocycles. The minimum Gasteiger partial charge on any atom is -0.509 e. The van der Waals surface area contributed by atoms with Gasteiger partial charge in [0.15, 0.2) is 0 Å². The van der Waals surface area contributed by atoms with Crippen molar-refractivity contribution in [2.45, 2.75) is 64.7 Å². The zero-order valence-electron chi connectivity index (χ0n) is 40.6. The minimum absolute atomic E-state index is 0. The molecule has 350 valence electrons. The number of para-hydroxylation sites is 1. The van der Waals surface area contributed by atoms with Gasteiger partial charge in [0.25, 0.3) is 0 Å². The number of nitrogens with zero attached hydrogens (tertiary/aromatic N) is 4. The zero-order valence-corrected chi connectivity index (χ0v) is 42.9. The minimum atomic E-state index is -0.243. The average Bonchev–Trinajstić information content (AvgIpc) is 3.93. The van der Waals surface area contributed by atoms with Gasteiger partial charge in [-0.05, 0) is 80.6 Å². The third-order valence-electron chi connectivity index (χ3n) is 14.1. The first-order chi connectivity index (χ1) is 33.3. The molecule has 3 heterocycles. The van der Waals surface area contributed by atoms with Crippen molar-refractivity contribution < 1.29 is 25.8 Å². The van der Waals surface area contributed by atoms with E-state index in [4.69, 9.17) is 9.72 Å². The van der Waals surface area contributed by atoms with E-state index in [1.807, 2.05) is 24.4 Å². The SMILES string of the molecule is CC(C)(C)c1ccc2c(c1)c1ccc(Oc3[c-]c(N4[CH-]N(c5cccc(C(C)(C)c6ccccc6)c5)c5c(-c6ccccc6)cccc54)ccc3)[c-]c1n2-c1cc(C(C)(C)c2ccccc2)ccn1.[Pt]. The van der Waals surface area contributed by atoms with Crippen molar-refractivity contribution >= 4 is 44.6 Å². The van der Waals surface area contributed by atoms with Crippen LogP contribution in [0.1, 0.15) is 76.3 Å². The molecule has 0 amide bonds. The smallest absolute Gasteiger partial charge is 0.135 e. The third kappa shape index (κ3) is 8.41. The summed E-state index contributed by atoms with van der Waals surface area (Å²) in [4.78, 5) is 9.55. The summed E-state index contributed by atoms with van der Waals surface area (Å²) in [5.41, 5.74) is 14.1. The number of ether oxygens (including phenoxy) is 1. The summed E-state index contributed by atoms with van der Waals surface area (Å²) >= 11 is 0. The largest absolute Gasteiger partial charge is 0.509 e. The molecule has 2 aromatic heterocycles. The molecule has 0 atom stereocenters. The number of hydrogen-bond donors (Lipinski definition) is 0. The molecule has 0 saturated carbocycles. The number of pyridine rings is 1. The molecule has 0 bridgehead atoms. The number of rotatable bonds is 10. The van der Waals surface area contributed by atoms with E-state index in [0.29, 0.717) is 11.5 Å². The van der Waals surface area contributed by atoms with Crippen molar-refractivity contribution in [3.8, 4) is 28.4 Å². The molecule has 1 aliphatic rings. The summed E-state index contributed by atoms with van der Waals surface area (Å²) in [7, 11) is 0. The number of hydrogen-bond acceptors (Lipinski definition) is 4. The van der Waals surface area contributed by atoms with E-state index in [-0.39, 0.29) is 37.3 Å². The summed E-state index contributed by atoms with van der Waals surface area (Å²) in [6.07, 6.45) is 1.93. The van der Waals surface area contributed by atoms with Crippen LogP contribution in [-0.2, 0) is 37.3 Å². The normalized spacial score (nSPS) is 12.8. The van der Waals surface area contributed by atoms with Crippen molar-refractivity contribution in [2.24, 2.45) is 0 Å². The monoisotopic (exact) mass is 1090 g/mol. The first kappa shape index (κ1) is 46.5. The number of benzene rings is 8. The van der Waals surface area contributed by atoms with Gasteiger partial charge in [0, 0.05) is 77.7 Å². The Bertz CT molecular complexity index is 3500. The molecule has 8 aromatic carbocycles. The summed E-state index contributed by atoms with van der Waals surface area (Å²) in [5.74, 6) is 2.01. The van der Waals surface area contributed by atoms with E-state index in [1.54, 1.807) is 0 Å². The maximum Gasteiger partial charge on any atom is 0.135 e. The van der Waals surface area contributed by atoms with Crippen LogP contribution in [0.25, 0.3) is 38.8 Å². The summed E-state index contributed by atoms with van der Waals surface area (Å²) in [5, 5.41) is 2.24. The Morgan fingerprint density at radius 3 is 1.83 bits per heavy atom. The number of fused-ring (bicyclic) bond motifs is 4. The van der Waals surface area contributed by atoms with Crippen LogP contribution in [0.15, 0.2) is 200 Å². The van der Waals surface area contributed by atoms with Gasteiger partial charge >= 0.3 is 0 Å². The van der Waals surface area contributed by atoms with Gasteiger partial charge < -0.3 is 19.1 Å². The Morgan fingerprint density at radius 1 is 0.500 bits per heavy atom. The summed E-state index contributed by atoms with van der Waals surface area (Å²) in [6.45, 7) is 18.1. The molecule has 70 heavy (non-hydrogen) atoms. The van der Waals surface area contributed by atoms with E-state index in [9.17, 15) is 0 Å². The van der Waals surface area contributed by atoms with Crippen LogP contribution in [0.5, 0.6) is 11.5 Å². The standard InChI is InChI=1S/C64H55N4O.Pt/c1-62(2,3)47-32-35-57-56(39-47)55-34-33-53(42-59(55)68(57)60-40-49(36-37-65-60)64(6,7)46-24-15-10-16-25-46)69-52-29-18-28-51(41-52)66-43-67(61-54(30-19-31-58(61)66)44-20-11-8-12-21-44)50-27-17-26-48(38-50)63(4,5)45-22-13-9-14-23-45;/h8-40,43H,1-7H3;/q-3;. The van der Waals surface area contributed by atoms with Gasteiger partial charge in [0.1, 0.15) is 5.82 Å². The van der Waals surface area contributed by atoms with Gasteiger partial charge in [-0.25, -0.2) is 4.98 Å². The van der Waals surface area contributed by atoms with Crippen LogP contribution in [0.3, 0.4) is 0 Å². The van der Waals surface area contributed by atoms with Crippen LogP contribution in [0.2, 0.25) is 0 Å². The van der Waals surface area contributed by atoms with Crippen molar-refractivity contribution in [1.82, 2.24) is 9.55 Å². The van der Waals surface area contributed by atoms with Crippen molar-refractivity contribution in [3.05, 3.63) is 247 Å². The molecule has 0 fully saturated rings. The second-order valence-corrected chi connectivity index (χ2v) is 20.2. The van der Waals surface area contributed by atoms with E-state index < -0.39 is 0 Å². The molecule has 6 heteroatoms. The van der Waals surface area contributed by atoms with Gasteiger partial charge in [-0.2, -0.15) is 12.1 Å². The number of anilines is 4. The molecule has 0 saturated heterocycles. The molecule has 0 N–H and O–H groups in total. The quantitative estimate of drug-likeness (QED) is 0.128. The maximum atomic E-state index is 6.78. The first-order valence-corrected chi connectivity index (χ1v) is 23.9. The summed E-state index contributed by atoms with van der Waals surface area (Å²) in [6, 6.07) is 76.3.